The van der Waals surface area contributed by atoms with Crippen LogP contribution in [-0.4, -0.2) is 16.7 Å². The number of benzene rings is 1. The molecule has 2 rings (SSSR count). The molecule has 110 valence electrons. The number of carbonyl (C=O) groups is 1. The molecular formula is C16H19N3O2. The molecule has 0 aliphatic rings. The minimum absolute atomic E-state index is 0.474. The van der Waals surface area contributed by atoms with Crippen LogP contribution >= 0.6 is 0 Å². The molecule has 0 aliphatic carbocycles. The van der Waals surface area contributed by atoms with Crippen molar-refractivity contribution in [2.24, 2.45) is 0 Å². The number of amides is 1. The Morgan fingerprint density at radius 2 is 1.95 bits per heavy atom. The molecule has 2 aromatic rings. The van der Waals surface area contributed by atoms with Gasteiger partial charge in [-0.05, 0) is 50.6 Å². The zero-order valence-corrected chi connectivity index (χ0v) is 12.4. The fraction of sp³-hybridized carbons (Fsp3) is 0.250. The second-order valence-corrected chi connectivity index (χ2v) is 5.68. The van der Waals surface area contributed by atoms with E-state index in [1.165, 1.54) is 0 Å². The van der Waals surface area contributed by atoms with Crippen LogP contribution in [0.4, 0.5) is 16.3 Å². The van der Waals surface area contributed by atoms with Crippen molar-refractivity contribution in [2.75, 3.05) is 11.1 Å². The summed E-state index contributed by atoms with van der Waals surface area (Å²) in [6.45, 7) is 5.47. The topological polar surface area (TPSA) is 77.2 Å². The van der Waals surface area contributed by atoms with Crippen molar-refractivity contribution < 1.29 is 9.53 Å². The van der Waals surface area contributed by atoms with Crippen LogP contribution in [0.2, 0.25) is 0 Å². The van der Waals surface area contributed by atoms with Crippen molar-refractivity contribution in [3.63, 3.8) is 0 Å². The number of anilines is 2. The van der Waals surface area contributed by atoms with E-state index in [2.05, 4.69) is 10.3 Å². The second-order valence-electron chi connectivity index (χ2n) is 5.68. The largest absolute Gasteiger partial charge is 0.444 e. The van der Waals surface area contributed by atoms with E-state index < -0.39 is 11.7 Å². The molecule has 5 heteroatoms. The average molecular weight is 285 g/mol. The Morgan fingerprint density at radius 3 is 2.57 bits per heavy atom. The van der Waals surface area contributed by atoms with Crippen LogP contribution in [-0.2, 0) is 4.74 Å². The Kier molecular flexibility index (Phi) is 4.12. The predicted molar refractivity (Wildman–Crippen MR) is 83.9 cm³/mol. The highest BCUT2D eigenvalue weighted by Crippen LogP contribution is 2.23. The van der Waals surface area contributed by atoms with E-state index in [1.54, 1.807) is 18.3 Å². The molecule has 21 heavy (non-hydrogen) atoms. The third-order valence-electron chi connectivity index (χ3n) is 2.63. The van der Waals surface area contributed by atoms with Gasteiger partial charge in [-0.1, -0.05) is 12.1 Å². The molecule has 1 amide bonds. The zero-order valence-electron chi connectivity index (χ0n) is 12.4. The number of hydrogen-bond acceptors (Lipinski definition) is 4. The van der Waals surface area contributed by atoms with Gasteiger partial charge in [0.2, 0.25) is 0 Å². The van der Waals surface area contributed by atoms with Gasteiger partial charge in [-0.15, -0.1) is 0 Å². The summed E-state index contributed by atoms with van der Waals surface area (Å²) in [5, 5.41) is 2.71. The van der Waals surface area contributed by atoms with Crippen molar-refractivity contribution in [1.82, 2.24) is 4.98 Å². The van der Waals surface area contributed by atoms with Gasteiger partial charge in [0.15, 0.2) is 0 Å². The van der Waals surface area contributed by atoms with Gasteiger partial charge in [0.1, 0.15) is 11.4 Å². The maximum absolute atomic E-state index is 11.8. The van der Waals surface area contributed by atoms with E-state index in [9.17, 15) is 4.79 Å². The third-order valence-corrected chi connectivity index (χ3v) is 2.63. The van der Waals surface area contributed by atoms with E-state index in [-0.39, 0.29) is 0 Å². The zero-order chi connectivity index (χ0) is 15.5. The third kappa shape index (κ3) is 4.49. The quantitative estimate of drug-likeness (QED) is 0.882. The summed E-state index contributed by atoms with van der Waals surface area (Å²) in [7, 11) is 0. The highest BCUT2D eigenvalue weighted by atomic mass is 16.6. The number of hydrogen-bond donors (Lipinski definition) is 2. The van der Waals surface area contributed by atoms with Gasteiger partial charge in [-0.2, -0.15) is 0 Å². The molecule has 1 aromatic carbocycles. The van der Waals surface area contributed by atoms with Crippen molar-refractivity contribution in [1.29, 1.82) is 0 Å². The van der Waals surface area contributed by atoms with E-state index in [1.807, 2.05) is 45.0 Å². The SMILES string of the molecule is CC(C)(C)OC(=O)Nc1cccc(-c2ccc(N)nc2)c1. The van der Waals surface area contributed by atoms with Gasteiger partial charge >= 0.3 is 6.09 Å². The fourth-order valence-electron chi connectivity index (χ4n) is 1.77. The molecule has 0 atom stereocenters. The van der Waals surface area contributed by atoms with Gasteiger partial charge in [0.05, 0.1) is 0 Å². The van der Waals surface area contributed by atoms with Crippen LogP contribution in [0.15, 0.2) is 42.6 Å². The minimum Gasteiger partial charge on any atom is -0.444 e. The lowest BCUT2D eigenvalue weighted by Gasteiger charge is -2.19. The Bertz CT molecular complexity index is 631. The van der Waals surface area contributed by atoms with Gasteiger partial charge in [-0.3, -0.25) is 5.32 Å². The molecule has 0 unspecified atom stereocenters. The van der Waals surface area contributed by atoms with Crippen LogP contribution in [0.3, 0.4) is 0 Å². The van der Waals surface area contributed by atoms with E-state index in [0.29, 0.717) is 11.5 Å². The van der Waals surface area contributed by atoms with E-state index in [0.717, 1.165) is 11.1 Å². The van der Waals surface area contributed by atoms with Crippen molar-refractivity contribution in [3.8, 4) is 11.1 Å². The van der Waals surface area contributed by atoms with E-state index in [4.69, 9.17) is 10.5 Å². The maximum Gasteiger partial charge on any atom is 0.412 e. The highest BCUT2D eigenvalue weighted by Gasteiger charge is 2.16. The molecule has 0 saturated heterocycles. The molecular weight excluding hydrogens is 266 g/mol. The van der Waals surface area contributed by atoms with Gasteiger partial charge < -0.3 is 10.5 Å². The van der Waals surface area contributed by atoms with Crippen molar-refractivity contribution >= 4 is 17.6 Å². The Morgan fingerprint density at radius 1 is 1.19 bits per heavy atom. The number of aromatic nitrogens is 1. The number of nitrogens with one attached hydrogen (secondary N) is 1. The first-order valence-corrected chi connectivity index (χ1v) is 6.65. The van der Waals surface area contributed by atoms with Crippen LogP contribution in [0.25, 0.3) is 11.1 Å². The molecule has 0 spiro atoms. The lowest BCUT2D eigenvalue weighted by Crippen LogP contribution is -2.27. The van der Waals surface area contributed by atoms with Gasteiger partial charge in [0.25, 0.3) is 0 Å². The standard InChI is InChI=1S/C16H19N3O2/c1-16(2,3)21-15(20)19-13-6-4-5-11(9-13)12-7-8-14(17)18-10-12/h4-10H,1-3H3,(H2,17,18)(H,19,20). The normalized spacial score (nSPS) is 11.0. The molecule has 0 aliphatic heterocycles. The molecule has 1 heterocycles. The smallest absolute Gasteiger partial charge is 0.412 e. The van der Waals surface area contributed by atoms with Crippen LogP contribution in [0.1, 0.15) is 20.8 Å². The lowest BCUT2D eigenvalue weighted by atomic mass is 10.1. The van der Waals surface area contributed by atoms with Crippen molar-refractivity contribution in [3.05, 3.63) is 42.6 Å². The molecule has 3 N–H and O–H groups in total. The molecule has 0 saturated carbocycles. The Labute approximate surface area is 124 Å². The van der Waals surface area contributed by atoms with Crippen molar-refractivity contribution in [2.45, 2.75) is 26.4 Å². The molecule has 0 bridgehead atoms. The first-order valence-electron chi connectivity index (χ1n) is 6.65. The number of nitrogen functional groups attached to an aromatic ring is 1. The monoisotopic (exact) mass is 285 g/mol. The van der Waals surface area contributed by atoms with Gasteiger partial charge in [0, 0.05) is 17.4 Å². The van der Waals surface area contributed by atoms with Crippen LogP contribution < -0.4 is 11.1 Å². The first-order chi connectivity index (χ1) is 9.83. The molecule has 0 fully saturated rings. The van der Waals surface area contributed by atoms with E-state index >= 15 is 0 Å². The highest BCUT2D eigenvalue weighted by molar-refractivity contribution is 5.86. The number of nitrogens with two attached hydrogens (primary N) is 1. The molecule has 1 aromatic heterocycles. The second kappa shape index (κ2) is 5.83. The number of ether oxygens (including phenoxy) is 1. The summed E-state index contributed by atoms with van der Waals surface area (Å²) in [6.07, 6.45) is 1.22. The average Bonchev–Trinajstić information content (AvgIpc) is 2.37. The Balaban J connectivity index is 2.14. The number of pyridine rings is 1. The summed E-state index contributed by atoms with van der Waals surface area (Å²) < 4.78 is 5.22. The first kappa shape index (κ1) is 14.8. The minimum atomic E-state index is -0.525. The summed E-state index contributed by atoms with van der Waals surface area (Å²) in [4.78, 5) is 15.8. The maximum atomic E-state index is 11.8. The number of rotatable bonds is 2. The van der Waals surface area contributed by atoms with Gasteiger partial charge in [-0.25, -0.2) is 9.78 Å². The summed E-state index contributed by atoms with van der Waals surface area (Å²) in [6, 6.07) is 11.1. The summed E-state index contributed by atoms with van der Waals surface area (Å²) >= 11 is 0. The van der Waals surface area contributed by atoms with Crippen LogP contribution in [0, 0.1) is 0 Å². The van der Waals surface area contributed by atoms with Crippen LogP contribution in [0.5, 0.6) is 0 Å². The summed E-state index contributed by atoms with van der Waals surface area (Å²) in [5.74, 6) is 0.474. The fourth-order valence-corrected chi connectivity index (χ4v) is 1.77. The predicted octanol–water partition coefficient (Wildman–Crippen LogP) is 3.68. The summed E-state index contributed by atoms with van der Waals surface area (Å²) in [5.41, 5.74) is 7.58. The Hall–Kier alpha value is -2.56. The lowest BCUT2D eigenvalue weighted by molar-refractivity contribution is 0.0636. The molecule has 0 radical (unpaired) electrons. The number of carbonyl (C=O) groups excluding carboxylic acids is 1. The molecule has 5 nitrogen and oxygen atoms in total. The number of nitrogens with zero attached hydrogens (tertiary/aromatic N) is 1.